The summed E-state index contributed by atoms with van der Waals surface area (Å²) in [4.78, 5) is 0. The zero-order valence-electron chi connectivity index (χ0n) is 10.1. The fourth-order valence-electron chi connectivity index (χ4n) is 3.34. The molecule has 2 aliphatic rings. The fraction of sp³-hybridized carbons (Fsp3) is 1.00. The van der Waals surface area contributed by atoms with Crippen molar-refractivity contribution in [1.29, 1.82) is 0 Å². The molecule has 1 nitrogen and oxygen atoms in total. The molecule has 1 saturated heterocycles. The van der Waals surface area contributed by atoms with Gasteiger partial charge in [-0.25, -0.2) is 0 Å². The molecule has 0 amide bonds. The number of hydrogen-bond donors (Lipinski definition) is 1. The largest absolute Gasteiger partial charge is 0.389 e. The van der Waals surface area contributed by atoms with Crippen molar-refractivity contribution in [3.63, 3.8) is 0 Å². The van der Waals surface area contributed by atoms with Crippen molar-refractivity contribution in [2.24, 2.45) is 11.3 Å². The molecule has 1 atom stereocenters. The van der Waals surface area contributed by atoms with E-state index in [1.54, 1.807) is 0 Å². The zero-order chi connectivity index (χ0) is 10.9. The second-order valence-corrected chi connectivity index (χ2v) is 7.26. The van der Waals surface area contributed by atoms with Crippen LogP contribution in [-0.4, -0.2) is 22.2 Å². The quantitative estimate of drug-likeness (QED) is 0.741. The van der Waals surface area contributed by atoms with Crippen LogP contribution in [-0.2, 0) is 0 Å². The maximum Gasteiger partial charge on any atom is 0.0771 e. The Kier molecular flexibility index (Phi) is 3.37. The summed E-state index contributed by atoms with van der Waals surface area (Å²) in [5.74, 6) is 2.77. The van der Waals surface area contributed by atoms with Gasteiger partial charge in [-0.3, -0.25) is 0 Å². The molecule has 0 radical (unpaired) electrons. The summed E-state index contributed by atoms with van der Waals surface area (Å²) in [5, 5.41) is 10.8. The van der Waals surface area contributed by atoms with Crippen LogP contribution in [0.3, 0.4) is 0 Å². The van der Waals surface area contributed by atoms with Crippen molar-refractivity contribution < 1.29 is 5.11 Å². The average molecular weight is 228 g/mol. The summed E-state index contributed by atoms with van der Waals surface area (Å²) in [6, 6.07) is 0. The van der Waals surface area contributed by atoms with E-state index in [0.717, 1.165) is 12.2 Å². The lowest BCUT2D eigenvalue weighted by Crippen LogP contribution is -2.48. The molecule has 1 aliphatic carbocycles. The van der Waals surface area contributed by atoms with Crippen molar-refractivity contribution in [3.05, 3.63) is 0 Å². The Bertz CT molecular complexity index is 221. The summed E-state index contributed by atoms with van der Waals surface area (Å²) < 4.78 is 0. The monoisotopic (exact) mass is 228 g/mol. The van der Waals surface area contributed by atoms with Gasteiger partial charge in [0.25, 0.3) is 0 Å². The van der Waals surface area contributed by atoms with Crippen LogP contribution in [0.15, 0.2) is 0 Å². The van der Waals surface area contributed by atoms with Gasteiger partial charge < -0.3 is 5.11 Å². The molecular formula is C13H24OS. The topological polar surface area (TPSA) is 20.2 Å². The van der Waals surface area contributed by atoms with Gasteiger partial charge in [0.1, 0.15) is 0 Å². The van der Waals surface area contributed by atoms with Crippen LogP contribution < -0.4 is 0 Å². The smallest absolute Gasteiger partial charge is 0.0771 e. The van der Waals surface area contributed by atoms with E-state index in [1.807, 2.05) is 11.8 Å². The highest BCUT2D eigenvalue weighted by atomic mass is 32.2. The first-order valence-electron chi connectivity index (χ1n) is 6.32. The van der Waals surface area contributed by atoms with Crippen molar-refractivity contribution in [3.8, 4) is 0 Å². The van der Waals surface area contributed by atoms with Gasteiger partial charge in [0, 0.05) is 5.75 Å². The molecule has 1 unspecified atom stereocenters. The molecule has 2 heteroatoms. The highest BCUT2D eigenvalue weighted by Crippen LogP contribution is 2.46. The lowest BCUT2D eigenvalue weighted by molar-refractivity contribution is -0.0453. The third kappa shape index (κ3) is 2.71. The highest BCUT2D eigenvalue weighted by molar-refractivity contribution is 7.99. The molecule has 0 aromatic rings. The van der Waals surface area contributed by atoms with E-state index in [4.69, 9.17) is 0 Å². The van der Waals surface area contributed by atoms with Gasteiger partial charge in [-0.2, -0.15) is 11.8 Å². The van der Waals surface area contributed by atoms with Crippen molar-refractivity contribution in [1.82, 2.24) is 0 Å². The van der Waals surface area contributed by atoms with E-state index >= 15 is 0 Å². The van der Waals surface area contributed by atoms with Crippen molar-refractivity contribution in [2.75, 3.05) is 11.5 Å². The molecular weight excluding hydrogens is 204 g/mol. The van der Waals surface area contributed by atoms with Gasteiger partial charge in [0.05, 0.1) is 5.60 Å². The Balaban J connectivity index is 2.04. The minimum Gasteiger partial charge on any atom is -0.389 e. The van der Waals surface area contributed by atoms with Crippen LogP contribution in [0, 0.1) is 11.3 Å². The maximum atomic E-state index is 10.8. The number of hydrogen-bond acceptors (Lipinski definition) is 2. The third-order valence-corrected chi connectivity index (χ3v) is 5.68. The fourth-order valence-corrected chi connectivity index (χ4v) is 4.78. The van der Waals surface area contributed by atoms with Crippen LogP contribution in [0.25, 0.3) is 0 Å². The van der Waals surface area contributed by atoms with Gasteiger partial charge in [0.15, 0.2) is 0 Å². The Morgan fingerprint density at radius 3 is 2.33 bits per heavy atom. The molecule has 15 heavy (non-hydrogen) atoms. The molecule has 0 aromatic heterocycles. The van der Waals surface area contributed by atoms with Crippen LogP contribution >= 0.6 is 11.8 Å². The van der Waals surface area contributed by atoms with E-state index < -0.39 is 0 Å². The maximum absolute atomic E-state index is 10.8. The number of thioether (sulfide) groups is 1. The number of aliphatic hydroxyl groups is 1. The molecule has 2 fully saturated rings. The molecule has 1 saturated carbocycles. The Hall–Kier alpha value is 0.310. The first-order valence-corrected chi connectivity index (χ1v) is 7.48. The number of rotatable bonds is 1. The van der Waals surface area contributed by atoms with E-state index in [1.165, 1.54) is 37.9 Å². The lowest BCUT2D eigenvalue weighted by atomic mass is 9.70. The molecule has 1 aliphatic heterocycles. The Morgan fingerprint density at radius 1 is 1.07 bits per heavy atom. The molecule has 88 valence electrons. The summed E-state index contributed by atoms with van der Waals surface area (Å²) in [7, 11) is 0. The van der Waals surface area contributed by atoms with Gasteiger partial charge in [0.2, 0.25) is 0 Å². The second kappa shape index (κ2) is 4.29. The van der Waals surface area contributed by atoms with E-state index in [0.29, 0.717) is 11.3 Å². The van der Waals surface area contributed by atoms with Crippen molar-refractivity contribution >= 4 is 11.8 Å². The van der Waals surface area contributed by atoms with Crippen LogP contribution in [0.4, 0.5) is 0 Å². The average Bonchev–Trinajstić information content (AvgIpc) is 2.17. The van der Waals surface area contributed by atoms with Gasteiger partial charge >= 0.3 is 0 Å². The molecule has 2 rings (SSSR count). The summed E-state index contributed by atoms with van der Waals surface area (Å²) in [5.41, 5.74) is -0.0258. The van der Waals surface area contributed by atoms with E-state index in [2.05, 4.69) is 13.8 Å². The zero-order valence-corrected chi connectivity index (χ0v) is 10.9. The van der Waals surface area contributed by atoms with E-state index in [9.17, 15) is 5.11 Å². The predicted octanol–water partition coefficient (Wildman–Crippen LogP) is 3.46. The lowest BCUT2D eigenvalue weighted by Gasteiger charge is -2.46. The van der Waals surface area contributed by atoms with E-state index in [-0.39, 0.29) is 5.60 Å². The van der Waals surface area contributed by atoms with Crippen LogP contribution in [0.1, 0.15) is 52.4 Å². The minimum absolute atomic E-state index is 0.328. The first kappa shape index (κ1) is 11.8. The van der Waals surface area contributed by atoms with Gasteiger partial charge in [-0.15, -0.1) is 0 Å². The summed E-state index contributed by atoms with van der Waals surface area (Å²) >= 11 is 1.95. The normalized spacial score (nSPS) is 37.8. The predicted molar refractivity (Wildman–Crippen MR) is 67.2 cm³/mol. The molecule has 0 aromatic carbocycles. The van der Waals surface area contributed by atoms with Gasteiger partial charge in [-0.05, 0) is 36.3 Å². The van der Waals surface area contributed by atoms with Gasteiger partial charge in [-0.1, -0.05) is 33.1 Å². The Morgan fingerprint density at radius 2 is 1.73 bits per heavy atom. The molecule has 1 N–H and O–H groups in total. The van der Waals surface area contributed by atoms with Crippen LogP contribution in [0.2, 0.25) is 0 Å². The molecule has 0 spiro atoms. The second-order valence-electron chi connectivity index (χ2n) is 6.27. The summed E-state index contributed by atoms with van der Waals surface area (Å²) in [6.45, 7) is 4.60. The van der Waals surface area contributed by atoms with Crippen molar-refractivity contribution in [2.45, 2.75) is 58.0 Å². The highest BCUT2D eigenvalue weighted by Gasteiger charge is 2.44. The minimum atomic E-state index is -0.354. The standard InChI is InChI=1S/C13H24OS/c1-12(2)8-13(14,10-15-9-12)11-6-4-3-5-7-11/h11,14H,3-10H2,1-2H3. The SMILES string of the molecule is CC1(C)CSCC(O)(C2CCCCC2)C1. The van der Waals surface area contributed by atoms with Crippen LogP contribution in [0.5, 0.6) is 0 Å². The third-order valence-electron chi connectivity index (χ3n) is 3.99. The molecule has 1 heterocycles. The summed E-state index contributed by atoms with van der Waals surface area (Å²) in [6.07, 6.45) is 7.57. The Labute approximate surface area is 98.0 Å². The first-order chi connectivity index (χ1) is 7.02. The molecule has 0 bridgehead atoms.